The van der Waals surface area contributed by atoms with E-state index in [-0.39, 0.29) is 56.7 Å². The fraction of sp³-hybridized carbons (Fsp3) is 1.00. The number of alkyl halides is 21. The third-order valence-corrected chi connectivity index (χ3v) is 10.2. The third-order valence-electron chi connectivity index (χ3n) is 10.2. The van der Waals surface area contributed by atoms with Gasteiger partial charge in [0.15, 0.2) is 0 Å². The maximum absolute atomic E-state index is 15.3. The van der Waals surface area contributed by atoms with Gasteiger partial charge in [-0.25, -0.2) is 0 Å². The minimum absolute atomic E-state index is 0.0448. The van der Waals surface area contributed by atoms with Crippen LogP contribution in [0.2, 0.25) is 0 Å². The van der Waals surface area contributed by atoms with Crippen molar-refractivity contribution in [3.8, 4) is 0 Å². The van der Waals surface area contributed by atoms with E-state index in [0.717, 1.165) is 19.3 Å². The summed E-state index contributed by atoms with van der Waals surface area (Å²) in [7, 11) is 0. The van der Waals surface area contributed by atoms with E-state index in [2.05, 4.69) is 0 Å². The molecule has 0 bridgehead atoms. The molecule has 0 radical (unpaired) electrons. The molecule has 0 aromatic rings. The summed E-state index contributed by atoms with van der Waals surface area (Å²) in [5, 5.41) is 0. The minimum atomic E-state index is -9.16. The van der Waals surface area contributed by atoms with Crippen LogP contribution in [0.4, 0.5) is 92.2 Å². The van der Waals surface area contributed by atoms with Gasteiger partial charge in [-0.15, -0.1) is 0 Å². The fourth-order valence-electron chi connectivity index (χ4n) is 6.33. The van der Waals surface area contributed by atoms with E-state index in [1.54, 1.807) is 0 Å². The molecule has 0 saturated carbocycles. The lowest BCUT2D eigenvalue weighted by Gasteiger charge is -2.45. The van der Waals surface area contributed by atoms with E-state index in [4.69, 9.17) is 0 Å². The van der Waals surface area contributed by atoms with Gasteiger partial charge in [0.25, 0.3) is 0 Å². The molecule has 0 aliphatic carbocycles. The highest BCUT2D eigenvalue weighted by Crippen LogP contribution is 2.66. The molecule has 0 aromatic heterocycles. The average Bonchev–Trinajstić information content (AvgIpc) is 3.05. The molecule has 0 aromatic carbocycles. The molecule has 350 valence electrons. The Hall–Kier alpha value is -1.51. The van der Waals surface area contributed by atoms with Crippen LogP contribution in [0.15, 0.2) is 0 Å². The first-order chi connectivity index (χ1) is 25.7. The molecular weight excluding hydrogens is 845 g/mol. The number of halogens is 21. The lowest BCUT2D eigenvalue weighted by atomic mass is 9.85. The van der Waals surface area contributed by atoms with Crippen LogP contribution >= 0.6 is 0 Å². The molecule has 0 N–H and O–H groups in total. The number of rotatable bonds is 29. The van der Waals surface area contributed by atoms with Gasteiger partial charge in [-0.2, -0.15) is 92.2 Å². The van der Waals surface area contributed by atoms with E-state index < -0.39 is 76.9 Å². The Morgan fingerprint density at radius 1 is 0.293 bits per heavy atom. The van der Waals surface area contributed by atoms with Gasteiger partial charge in [0, 0.05) is 0 Å². The van der Waals surface area contributed by atoms with Crippen LogP contribution < -0.4 is 0 Å². The lowest BCUT2D eigenvalue weighted by molar-refractivity contribution is -0.930. The molecule has 1 nitrogen and oxygen atoms in total. The molecular formula is C36H55F21N+. The minimum Gasteiger partial charge on any atom is -0.323 e. The summed E-state index contributed by atoms with van der Waals surface area (Å²) >= 11 is 0. The second-order valence-corrected chi connectivity index (χ2v) is 16.5. The van der Waals surface area contributed by atoms with E-state index in [1.165, 1.54) is 0 Å². The van der Waals surface area contributed by atoms with E-state index >= 15 is 8.78 Å². The zero-order chi connectivity index (χ0) is 46.3. The normalized spacial score (nSPS) is 15.4. The van der Waals surface area contributed by atoms with Gasteiger partial charge in [-0.05, 0) is 56.3 Å². The zero-order valence-corrected chi connectivity index (χ0v) is 33.1. The van der Waals surface area contributed by atoms with Crippen molar-refractivity contribution in [3.05, 3.63) is 0 Å². The van der Waals surface area contributed by atoms with Gasteiger partial charge >= 0.3 is 59.5 Å². The maximum atomic E-state index is 15.3. The summed E-state index contributed by atoms with van der Waals surface area (Å²) in [5.41, 5.74) is 0. The lowest BCUT2D eigenvalue weighted by Crippen LogP contribution is -2.76. The standard InChI is InChI=1S/C36H55F21N/c1-24(2)16-10-7-13-20-58(21-14-8-11-17-25(3)4,22-15-9-12-18-26(5)6)23-19-27(37,38)28(39,40)29(41,42)30(43,44)31(45,46)32(47,48)33(49,50)34(51,52)35(53,54)36(55,56)57/h24-26H,7-23H2,1-6H3/q+1. The molecule has 0 saturated heterocycles. The average molecular weight is 901 g/mol. The number of hydrogen-bond acceptors (Lipinski definition) is 0. The van der Waals surface area contributed by atoms with Crippen molar-refractivity contribution < 1.29 is 96.7 Å². The quantitative estimate of drug-likeness (QED) is 0.0399. The van der Waals surface area contributed by atoms with Crippen LogP contribution in [0.3, 0.4) is 0 Å². The summed E-state index contributed by atoms with van der Waals surface area (Å²) in [6, 6.07) is 0. The Balaban J connectivity index is 6.99. The molecule has 22 heteroatoms. The molecule has 0 spiro atoms. The first kappa shape index (κ1) is 56.5. The van der Waals surface area contributed by atoms with Gasteiger partial charge in [-0.3, -0.25) is 0 Å². The molecule has 0 rings (SSSR count). The fourth-order valence-corrected chi connectivity index (χ4v) is 6.33. The summed E-state index contributed by atoms with van der Waals surface area (Å²) in [5.74, 6) is -75.9. The van der Waals surface area contributed by atoms with Gasteiger partial charge in [0.05, 0.1) is 32.6 Å². The summed E-state index contributed by atoms with van der Waals surface area (Å²) in [6.45, 7) is 10.1. The summed E-state index contributed by atoms with van der Waals surface area (Å²) in [4.78, 5) is 0. The highest BCUT2D eigenvalue weighted by atomic mass is 19.4. The molecule has 58 heavy (non-hydrogen) atoms. The van der Waals surface area contributed by atoms with Gasteiger partial charge < -0.3 is 4.48 Å². The summed E-state index contributed by atoms with van der Waals surface area (Å²) in [6.07, 6.45) is -4.33. The molecule has 0 aliphatic heterocycles. The monoisotopic (exact) mass is 900 g/mol. The molecule has 0 fully saturated rings. The van der Waals surface area contributed by atoms with Crippen LogP contribution in [0.1, 0.15) is 125 Å². The van der Waals surface area contributed by atoms with Crippen LogP contribution in [0, 0.1) is 17.8 Å². The largest absolute Gasteiger partial charge is 0.460 e. The summed E-state index contributed by atoms with van der Waals surface area (Å²) < 4.78 is 294. The second kappa shape index (κ2) is 20.1. The van der Waals surface area contributed by atoms with Crippen molar-refractivity contribution in [1.82, 2.24) is 0 Å². The Bertz CT molecular complexity index is 1160. The maximum Gasteiger partial charge on any atom is 0.460 e. The SMILES string of the molecule is CC(C)CCCCC[N+](CCCCCC(C)C)(CCCCCC(C)C)CCC(F)(F)C(F)(F)C(F)(F)C(F)(F)C(F)(F)C(F)(F)C(F)(F)C(F)(F)C(F)(F)C(F)(F)F. The van der Waals surface area contributed by atoms with Crippen molar-refractivity contribution in [2.45, 2.75) is 184 Å². The van der Waals surface area contributed by atoms with Crippen LogP contribution in [0.5, 0.6) is 0 Å². The van der Waals surface area contributed by atoms with Crippen molar-refractivity contribution in [2.75, 3.05) is 26.2 Å². The number of hydrogen-bond donors (Lipinski definition) is 0. The van der Waals surface area contributed by atoms with Gasteiger partial charge in [-0.1, -0.05) is 80.1 Å². The molecule has 0 atom stereocenters. The predicted octanol–water partition coefficient (Wildman–Crippen LogP) is 15.1. The predicted molar refractivity (Wildman–Crippen MR) is 175 cm³/mol. The highest BCUT2D eigenvalue weighted by Gasteiger charge is 2.97. The number of quaternary nitrogens is 1. The van der Waals surface area contributed by atoms with Crippen LogP contribution in [-0.4, -0.2) is 90.1 Å². The zero-order valence-electron chi connectivity index (χ0n) is 33.1. The van der Waals surface area contributed by atoms with Gasteiger partial charge in [0.1, 0.15) is 0 Å². The smallest absolute Gasteiger partial charge is 0.323 e. The van der Waals surface area contributed by atoms with Gasteiger partial charge in [0.2, 0.25) is 0 Å². The van der Waals surface area contributed by atoms with Crippen molar-refractivity contribution in [2.24, 2.45) is 17.8 Å². The molecule has 0 amide bonds. The van der Waals surface area contributed by atoms with Crippen LogP contribution in [-0.2, 0) is 0 Å². The first-order valence-corrected chi connectivity index (χ1v) is 19.0. The van der Waals surface area contributed by atoms with Crippen molar-refractivity contribution in [3.63, 3.8) is 0 Å². The number of unbranched alkanes of at least 4 members (excludes halogenated alkanes) is 6. The van der Waals surface area contributed by atoms with E-state index in [0.29, 0.717) is 38.5 Å². The van der Waals surface area contributed by atoms with E-state index in [9.17, 15) is 83.4 Å². The Morgan fingerprint density at radius 2 is 0.534 bits per heavy atom. The van der Waals surface area contributed by atoms with Crippen molar-refractivity contribution >= 4 is 0 Å². The molecule has 0 heterocycles. The van der Waals surface area contributed by atoms with Crippen LogP contribution in [0.25, 0.3) is 0 Å². The molecule has 0 aliphatic rings. The Morgan fingerprint density at radius 3 is 0.776 bits per heavy atom. The third kappa shape index (κ3) is 12.1. The highest BCUT2D eigenvalue weighted by molar-refractivity contribution is 5.18. The van der Waals surface area contributed by atoms with E-state index in [1.807, 2.05) is 41.5 Å². The topological polar surface area (TPSA) is 0 Å². The van der Waals surface area contributed by atoms with Crippen molar-refractivity contribution in [1.29, 1.82) is 0 Å². The molecule has 0 unspecified atom stereocenters. The Kier molecular flexibility index (Phi) is 19.6. The Labute approximate surface area is 325 Å². The second-order valence-electron chi connectivity index (χ2n) is 16.5. The first-order valence-electron chi connectivity index (χ1n) is 19.0. The number of nitrogens with zero attached hydrogens (tertiary/aromatic N) is 1.